The Hall–Kier alpha value is 2.08. The zero-order chi connectivity index (χ0) is 19.1. The van der Waals surface area contributed by atoms with Gasteiger partial charge in [0, 0.05) is 0 Å². The first-order valence-electron chi connectivity index (χ1n) is 3.90. The van der Waals surface area contributed by atoms with Gasteiger partial charge in [0.25, 0.3) is 0 Å². The molecule has 0 aromatic carbocycles. The Bertz CT molecular complexity index is 430. The van der Waals surface area contributed by atoms with Crippen LogP contribution in [0.15, 0.2) is 0 Å². The summed E-state index contributed by atoms with van der Waals surface area (Å²) in [7, 11) is -8.59. The first-order chi connectivity index (χ1) is 9.82. The summed E-state index contributed by atoms with van der Waals surface area (Å²) < 4.78 is 59.8. The predicted octanol–water partition coefficient (Wildman–Crippen LogP) is -12.0. The van der Waals surface area contributed by atoms with E-state index < -0.39 is 43.4 Å². The molecule has 0 aromatic heterocycles. The summed E-state index contributed by atoms with van der Waals surface area (Å²) in [6.45, 7) is 2.00. The molecule has 0 radical (unpaired) electrons. The standard InChI is InChI=1S/C4H6O6.CH2O.K.Na.H2O5S2.H2O2S.Zn/c5-1(3(7)8)2(6)4(9)10;1-2;;;1-6(2)7(3,4)5;1-3-2;/h1-2,5-6H,(H,7,8)(H,9,10);1H2;;;(H,1,2)(H,3,4,5);1-2H;/q;;2*+1;;;+2/p-4. The summed E-state index contributed by atoms with van der Waals surface area (Å²) in [6.07, 6.45) is -4.88. The quantitative estimate of drug-likeness (QED) is 0.0888. The van der Waals surface area contributed by atoms with E-state index in [-0.39, 0.29) is 113 Å². The average Bonchev–Trinajstić information content (AvgIpc) is 2.39. The van der Waals surface area contributed by atoms with Crippen molar-refractivity contribution in [2.24, 2.45) is 0 Å². The van der Waals surface area contributed by atoms with Gasteiger partial charge in [0.15, 0.2) is 21.5 Å². The van der Waals surface area contributed by atoms with E-state index in [1.807, 2.05) is 6.79 Å². The van der Waals surface area contributed by atoms with Crippen molar-refractivity contribution in [1.82, 2.24) is 0 Å². The molecule has 0 aliphatic rings. The molecule has 0 fully saturated rings. The van der Waals surface area contributed by atoms with Gasteiger partial charge < -0.3 is 53.0 Å². The second kappa shape index (κ2) is 28.3. The van der Waals surface area contributed by atoms with Crippen molar-refractivity contribution in [2.45, 2.75) is 12.2 Å². The van der Waals surface area contributed by atoms with Crippen molar-refractivity contribution in [3.8, 4) is 0 Å². The molecular weight excluding hydrogens is 508 g/mol. The third kappa shape index (κ3) is 37.5. The molecule has 0 aliphatic heterocycles. The number of carboxylic acids is 2. The van der Waals surface area contributed by atoms with Crippen molar-refractivity contribution < 1.29 is 166 Å². The number of aliphatic hydroxyl groups is 2. The fourth-order valence-corrected chi connectivity index (χ4v) is 0.258. The molecule has 0 bridgehead atoms. The van der Waals surface area contributed by atoms with E-state index in [1.54, 1.807) is 0 Å². The Kier molecular flexibility index (Phi) is 51.7. The molecule has 3 unspecified atom stereocenters. The normalized spacial score (nSPS) is 11.8. The summed E-state index contributed by atoms with van der Waals surface area (Å²) in [6, 6.07) is 0. The Balaban J connectivity index is -0.0000000384. The first-order valence-corrected chi connectivity index (χ1v) is 7.63. The van der Waals surface area contributed by atoms with Crippen molar-refractivity contribution in [2.75, 3.05) is 0 Å². The van der Waals surface area contributed by atoms with E-state index in [2.05, 4.69) is 0 Å². The largest absolute Gasteiger partial charge is 2.00 e. The van der Waals surface area contributed by atoms with Gasteiger partial charge >= 0.3 is 100 Å². The van der Waals surface area contributed by atoms with E-state index in [4.69, 9.17) is 45.8 Å². The van der Waals surface area contributed by atoms with Crippen molar-refractivity contribution in [1.29, 1.82) is 0 Å². The summed E-state index contributed by atoms with van der Waals surface area (Å²) in [5.74, 6) is -4.12. The average molecular weight is 516 g/mol. The molecule has 0 saturated heterocycles. The summed E-state index contributed by atoms with van der Waals surface area (Å²) in [5, 5.41) is 35.7. The minimum Gasteiger partial charge on any atom is -0.761 e. The van der Waals surface area contributed by atoms with Crippen molar-refractivity contribution in [3.05, 3.63) is 0 Å². The van der Waals surface area contributed by atoms with Gasteiger partial charge in [-0.25, -0.2) is 8.42 Å². The minimum absolute atomic E-state index is 0. The molecule has 20 heteroatoms. The second-order valence-corrected chi connectivity index (χ2v) is 5.65. The zero-order valence-electron chi connectivity index (χ0n) is 12.7. The molecule has 0 spiro atoms. The summed E-state index contributed by atoms with van der Waals surface area (Å²) >= 11 is -0.250. The van der Waals surface area contributed by atoms with Crippen LogP contribution < -0.4 is 91.2 Å². The topological polar surface area (TPSA) is 276 Å². The SMILES string of the molecule is C=O.O=C([O-])C(O)C(O)C(=O)[O-].O=S([O-])S(=O)(=O)[O-].OSO.[K+].[Na+].[Zn+2]. The number of aliphatic hydroxyl groups excluding tert-OH is 2. The number of hydrogen-bond acceptors (Lipinski definition) is 15. The molecule has 134 valence electrons. The fraction of sp³-hybridized carbons (Fsp3) is 0.400. The minimum atomic E-state index is -5.07. The molecule has 0 amide bonds. The maximum atomic E-state index is 9.63. The van der Waals surface area contributed by atoms with E-state index >= 15 is 0 Å². The molecular formula is C5H8KNaO14S3Zn. The number of carboxylic acid groups (broad SMARTS) is 2. The van der Waals surface area contributed by atoms with Crippen LogP contribution in [0.1, 0.15) is 0 Å². The van der Waals surface area contributed by atoms with Crippen LogP contribution in [0.2, 0.25) is 0 Å². The molecule has 0 aromatic rings. The maximum Gasteiger partial charge on any atom is 2.00 e. The van der Waals surface area contributed by atoms with Gasteiger partial charge in [-0.2, -0.15) is 0 Å². The number of hydrogen-bond donors (Lipinski definition) is 4. The van der Waals surface area contributed by atoms with Gasteiger partial charge in [-0.15, -0.1) is 0 Å². The molecule has 4 N–H and O–H groups in total. The number of carbonyl (C=O) groups is 3. The van der Waals surface area contributed by atoms with Gasteiger partial charge in [-0.3, -0.25) is 4.21 Å². The van der Waals surface area contributed by atoms with Crippen molar-refractivity contribution >= 4 is 50.3 Å². The number of aliphatic carboxylic acids is 2. The van der Waals surface area contributed by atoms with Crippen LogP contribution in [-0.4, -0.2) is 72.0 Å². The first kappa shape index (κ1) is 45.7. The molecule has 14 nitrogen and oxygen atoms in total. The Morgan fingerprint density at radius 2 is 1.16 bits per heavy atom. The van der Waals surface area contributed by atoms with Gasteiger partial charge in [-0.05, 0) is 0 Å². The molecule has 0 aliphatic carbocycles. The Morgan fingerprint density at radius 3 is 1.20 bits per heavy atom. The van der Waals surface area contributed by atoms with E-state index in [9.17, 15) is 19.8 Å². The summed E-state index contributed by atoms with van der Waals surface area (Å²) in [5.41, 5.74) is 0. The zero-order valence-corrected chi connectivity index (χ0v) is 23.2. The second-order valence-electron chi connectivity index (χ2n) is 2.22. The van der Waals surface area contributed by atoms with Gasteiger partial charge in [0.2, 0.25) is 0 Å². The molecule has 0 heterocycles. The van der Waals surface area contributed by atoms with Crippen LogP contribution in [0, 0.1) is 0 Å². The molecule has 0 rings (SSSR count). The van der Waals surface area contributed by atoms with Gasteiger partial charge in [0.05, 0.1) is 22.1 Å². The number of rotatable bonds is 4. The monoisotopic (exact) mass is 514 g/mol. The van der Waals surface area contributed by atoms with Crippen molar-refractivity contribution in [3.63, 3.8) is 0 Å². The number of carbonyl (C=O) groups excluding carboxylic acids is 3. The van der Waals surface area contributed by atoms with E-state index in [0.717, 1.165) is 0 Å². The van der Waals surface area contributed by atoms with E-state index in [0.29, 0.717) is 0 Å². The third-order valence-corrected chi connectivity index (χ3v) is 2.28. The molecule has 3 atom stereocenters. The predicted molar refractivity (Wildman–Crippen MR) is 60.6 cm³/mol. The van der Waals surface area contributed by atoms with Crippen LogP contribution in [0.5, 0.6) is 0 Å². The fourth-order valence-electron chi connectivity index (χ4n) is 0.258. The van der Waals surface area contributed by atoms with Crippen LogP contribution in [0.3, 0.4) is 0 Å². The van der Waals surface area contributed by atoms with Gasteiger partial charge in [0.1, 0.15) is 19.0 Å². The summed E-state index contributed by atoms with van der Waals surface area (Å²) in [4.78, 5) is 27.3. The van der Waals surface area contributed by atoms with Crippen LogP contribution in [-0.2, 0) is 53.1 Å². The van der Waals surface area contributed by atoms with E-state index in [1.165, 1.54) is 0 Å². The van der Waals surface area contributed by atoms with Crippen LogP contribution in [0.4, 0.5) is 0 Å². The van der Waals surface area contributed by atoms with Crippen LogP contribution >= 0.6 is 12.3 Å². The smallest absolute Gasteiger partial charge is 0.761 e. The molecule has 25 heavy (non-hydrogen) atoms. The van der Waals surface area contributed by atoms with Gasteiger partial charge in [-0.1, -0.05) is 0 Å². The maximum absolute atomic E-state index is 9.63. The third-order valence-electron chi connectivity index (χ3n) is 0.949. The Labute approximate surface area is 225 Å². The van der Waals surface area contributed by atoms with Crippen LogP contribution in [0.25, 0.3) is 0 Å². The Morgan fingerprint density at radius 1 is 1.04 bits per heavy atom. The molecule has 0 saturated carbocycles.